The van der Waals surface area contributed by atoms with Gasteiger partial charge in [-0.15, -0.1) is 0 Å². The van der Waals surface area contributed by atoms with Crippen LogP contribution in [0.15, 0.2) is 35.5 Å². The van der Waals surface area contributed by atoms with E-state index in [1.165, 1.54) is 0 Å². The molecule has 1 aliphatic heterocycles. The van der Waals surface area contributed by atoms with Gasteiger partial charge in [0, 0.05) is 19.1 Å². The first-order chi connectivity index (χ1) is 10.1. The maximum atomic E-state index is 12.4. The van der Waals surface area contributed by atoms with Crippen LogP contribution in [0.1, 0.15) is 24.8 Å². The van der Waals surface area contributed by atoms with Crippen LogP contribution in [0.25, 0.3) is 0 Å². The summed E-state index contributed by atoms with van der Waals surface area (Å²) in [5.41, 5.74) is 6.37. The number of amides is 1. The highest BCUT2D eigenvalue weighted by molar-refractivity contribution is 6.07. The van der Waals surface area contributed by atoms with Crippen molar-refractivity contribution in [1.82, 2.24) is 5.32 Å². The first kappa shape index (κ1) is 15.3. The van der Waals surface area contributed by atoms with E-state index in [1.54, 1.807) is 12.1 Å². The molecule has 1 saturated heterocycles. The maximum Gasteiger partial charge on any atom is 0.235 e. The zero-order chi connectivity index (χ0) is 15.2. The van der Waals surface area contributed by atoms with Gasteiger partial charge in [-0.3, -0.25) is 4.79 Å². The summed E-state index contributed by atoms with van der Waals surface area (Å²) < 4.78 is 5.47. The van der Waals surface area contributed by atoms with Crippen molar-refractivity contribution in [3.8, 4) is 0 Å². The average Bonchev–Trinajstić information content (AvgIpc) is 2.91. The van der Waals surface area contributed by atoms with Crippen LogP contribution < -0.4 is 11.1 Å². The third kappa shape index (κ3) is 3.72. The smallest absolute Gasteiger partial charge is 0.235 e. The molecule has 1 aromatic rings. The Labute approximate surface area is 124 Å². The van der Waals surface area contributed by atoms with Gasteiger partial charge >= 0.3 is 0 Å². The molecule has 21 heavy (non-hydrogen) atoms. The largest absolute Gasteiger partial charge is 0.409 e. The van der Waals surface area contributed by atoms with Gasteiger partial charge in [-0.1, -0.05) is 35.5 Å². The number of carbonyl (C=O) groups is 1. The molecule has 1 fully saturated rings. The highest BCUT2D eigenvalue weighted by Crippen LogP contribution is 2.20. The van der Waals surface area contributed by atoms with Gasteiger partial charge in [-0.25, -0.2) is 0 Å². The van der Waals surface area contributed by atoms with Crippen molar-refractivity contribution < 1.29 is 14.7 Å². The number of hydrogen-bond acceptors (Lipinski definition) is 4. The lowest BCUT2D eigenvalue weighted by atomic mass is 9.96. The second-order valence-corrected chi connectivity index (χ2v) is 5.24. The molecule has 4 N–H and O–H groups in total. The number of amidine groups is 1. The van der Waals surface area contributed by atoms with Crippen molar-refractivity contribution in [2.45, 2.75) is 25.4 Å². The number of ether oxygens (including phenoxy) is 1. The first-order valence-electron chi connectivity index (χ1n) is 7.05. The molecule has 0 saturated carbocycles. The van der Waals surface area contributed by atoms with E-state index in [1.807, 2.05) is 25.1 Å². The topological polar surface area (TPSA) is 96.9 Å². The summed E-state index contributed by atoms with van der Waals surface area (Å²) in [6, 6.07) is 9.04. The fourth-order valence-corrected chi connectivity index (χ4v) is 2.54. The van der Waals surface area contributed by atoms with Crippen molar-refractivity contribution in [1.29, 1.82) is 0 Å². The minimum Gasteiger partial charge on any atom is -0.409 e. The van der Waals surface area contributed by atoms with Gasteiger partial charge in [-0.2, -0.15) is 0 Å². The van der Waals surface area contributed by atoms with E-state index in [0.717, 1.165) is 13.0 Å². The van der Waals surface area contributed by atoms with E-state index in [4.69, 9.17) is 15.7 Å². The number of carbonyl (C=O) groups excluding carboxylic acids is 1. The quantitative estimate of drug-likeness (QED) is 0.327. The molecule has 1 amide bonds. The zero-order valence-corrected chi connectivity index (χ0v) is 12.0. The lowest BCUT2D eigenvalue weighted by molar-refractivity contribution is -0.121. The summed E-state index contributed by atoms with van der Waals surface area (Å²) in [7, 11) is 0. The second kappa shape index (κ2) is 7.08. The zero-order valence-electron chi connectivity index (χ0n) is 12.0. The Hall–Kier alpha value is -2.08. The predicted octanol–water partition coefficient (Wildman–Crippen LogP) is 1.06. The Morgan fingerprint density at radius 1 is 1.52 bits per heavy atom. The third-order valence-electron chi connectivity index (χ3n) is 3.88. The molecule has 1 heterocycles. The molecule has 0 aromatic heterocycles. The van der Waals surface area contributed by atoms with Crippen LogP contribution in [0, 0.1) is 5.92 Å². The molecule has 0 radical (unpaired) electrons. The van der Waals surface area contributed by atoms with E-state index in [2.05, 4.69) is 10.5 Å². The van der Waals surface area contributed by atoms with Crippen LogP contribution in [-0.2, 0) is 9.53 Å². The van der Waals surface area contributed by atoms with Gasteiger partial charge in [0.05, 0.1) is 6.10 Å². The van der Waals surface area contributed by atoms with Gasteiger partial charge in [0.2, 0.25) is 5.91 Å². The van der Waals surface area contributed by atoms with Gasteiger partial charge in [-0.05, 0) is 18.9 Å². The molecule has 0 aliphatic carbocycles. The van der Waals surface area contributed by atoms with Gasteiger partial charge in [0.1, 0.15) is 5.92 Å². The summed E-state index contributed by atoms with van der Waals surface area (Å²) in [6.07, 6.45) is 1.07. The van der Waals surface area contributed by atoms with Crippen molar-refractivity contribution in [2.24, 2.45) is 16.8 Å². The number of nitrogens with one attached hydrogen (secondary N) is 1. The van der Waals surface area contributed by atoms with Crippen molar-refractivity contribution in [2.75, 3.05) is 13.2 Å². The van der Waals surface area contributed by atoms with E-state index < -0.39 is 5.92 Å². The predicted molar refractivity (Wildman–Crippen MR) is 79.1 cm³/mol. The molecule has 1 aromatic carbocycles. The number of hydrogen-bond donors (Lipinski definition) is 3. The number of benzene rings is 1. The molecule has 114 valence electrons. The number of nitrogens with zero attached hydrogens (tertiary/aromatic N) is 1. The molecule has 3 atom stereocenters. The van der Waals surface area contributed by atoms with Crippen LogP contribution >= 0.6 is 0 Å². The Morgan fingerprint density at radius 2 is 2.24 bits per heavy atom. The first-order valence-corrected chi connectivity index (χ1v) is 7.05. The lowest BCUT2D eigenvalue weighted by Gasteiger charge is -2.19. The summed E-state index contributed by atoms with van der Waals surface area (Å²) in [4.78, 5) is 12.4. The maximum absolute atomic E-state index is 12.4. The molecular weight excluding hydrogens is 270 g/mol. The highest BCUT2D eigenvalue weighted by Gasteiger charge is 2.28. The third-order valence-corrected chi connectivity index (χ3v) is 3.88. The highest BCUT2D eigenvalue weighted by atomic mass is 16.5. The minimum absolute atomic E-state index is 0.116. The SMILES string of the molecule is CC1OCCC1CNC(=O)C(/C(N)=N/O)c1ccccc1. The molecular formula is C15H21N3O3. The Morgan fingerprint density at radius 3 is 2.81 bits per heavy atom. The molecule has 2 rings (SSSR count). The van der Waals surface area contributed by atoms with Crippen LogP contribution in [-0.4, -0.2) is 36.2 Å². The second-order valence-electron chi connectivity index (χ2n) is 5.24. The van der Waals surface area contributed by atoms with Crippen molar-refractivity contribution in [3.05, 3.63) is 35.9 Å². The molecule has 1 aliphatic rings. The van der Waals surface area contributed by atoms with Crippen LogP contribution in [0.4, 0.5) is 0 Å². The van der Waals surface area contributed by atoms with E-state index in [-0.39, 0.29) is 17.8 Å². The fourth-order valence-electron chi connectivity index (χ4n) is 2.54. The van der Waals surface area contributed by atoms with E-state index in [9.17, 15) is 4.79 Å². The molecule has 6 heteroatoms. The lowest BCUT2D eigenvalue weighted by Crippen LogP contribution is -2.40. The number of oxime groups is 1. The van der Waals surface area contributed by atoms with Gasteiger partial charge in [0.15, 0.2) is 5.84 Å². The average molecular weight is 291 g/mol. The Bertz CT molecular complexity index is 504. The Balaban J connectivity index is 2.05. The van der Waals surface area contributed by atoms with Gasteiger partial charge < -0.3 is 21.0 Å². The van der Waals surface area contributed by atoms with E-state index >= 15 is 0 Å². The fraction of sp³-hybridized carbons (Fsp3) is 0.467. The summed E-state index contributed by atoms with van der Waals surface area (Å²) in [6.45, 7) is 3.26. The molecule has 3 unspecified atom stereocenters. The molecule has 0 spiro atoms. The van der Waals surface area contributed by atoms with Crippen molar-refractivity contribution in [3.63, 3.8) is 0 Å². The summed E-state index contributed by atoms with van der Waals surface area (Å²) in [5.74, 6) is -0.864. The molecule has 6 nitrogen and oxygen atoms in total. The number of nitrogens with two attached hydrogens (primary N) is 1. The standard InChI is InChI=1S/C15H21N3O3/c1-10-12(7-8-21-10)9-17-15(19)13(14(16)18-20)11-5-3-2-4-6-11/h2-6,10,12-13,20H,7-9H2,1H3,(H2,16,18)(H,17,19). The Kier molecular flexibility index (Phi) is 5.16. The summed E-state index contributed by atoms with van der Waals surface area (Å²) >= 11 is 0. The summed E-state index contributed by atoms with van der Waals surface area (Å²) in [5, 5.41) is 14.8. The molecule has 0 bridgehead atoms. The van der Waals surface area contributed by atoms with Crippen molar-refractivity contribution >= 4 is 11.7 Å². The van der Waals surface area contributed by atoms with Crippen LogP contribution in [0.2, 0.25) is 0 Å². The normalized spacial score (nSPS) is 23.8. The number of rotatable bonds is 5. The van der Waals surface area contributed by atoms with Gasteiger partial charge in [0.25, 0.3) is 0 Å². The monoisotopic (exact) mass is 291 g/mol. The van der Waals surface area contributed by atoms with Crippen LogP contribution in [0.5, 0.6) is 0 Å². The van der Waals surface area contributed by atoms with Crippen LogP contribution in [0.3, 0.4) is 0 Å². The minimum atomic E-state index is -0.783. The van der Waals surface area contributed by atoms with E-state index in [0.29, 0.717) is 18.0 Å².